The topological polar surface area (TPSA) is 79.3 Å². The van der Waals surface area contributed by atoms with Gasteiger partial charge < -0.3 is 10.4 Å². The van der Waals surface area contributed by atoms with Crippen LogP contribution in [0.1, 0.15) is 10.4 Å². The Labute approximate surface area is 68.0 Å². The molecule has 1 aromatic rings. The standard InChI is InChI=1S/C7H5N2O3/c10-4-9-6-5(7(11)12)2-1-3-8-6/h1-3H,(H,11,12)(H,8,9,10). The third-order valence-corrected chi connectivity index (χ3v) is 1.21. The van der Waals surface area contributed by atoms with E-state index in [1.807, 2.05) is 0 Å². The molecule has 1 rings (SSSR count). The average molecular weight is 165 g/mol. The van der Waals surface area contributed by atoms with E-state index in [9.17, 15) is 9.59 Å². The van der Waals surface area contributed by atoms with E-state index in [0.717, 1.165) is 0 Å². The molecule has 1 amide bonds. The molecule has 2 N–H and O–H groups in total. The first-order valence-electron chi connectivity index (χ1n) is 3.07. The zero-order chi connectivity index (χ0) is 8.97. The van der Waals surface area contributed by atoms with E-state index in [-0.39, 0.29) is 11.4 Å². The van der Waals surface area contributed by atoms with Gasteiger partial charge in [-0.25, -0.2) is 9.78 Å². The Balaban J connectivity index is 3.07. The summed E-state index contributed by atoms with van der Waals surface area (Å²) in [7, 11) is 0. The van der Waals surface area contributed by atoms with Crippen LogP contribution < -0.4 is 5.32 Å². The number of nitrogens with one attached hydrogen (secondary N) is 1. The molecule has 5 heteroatoms. The number of nitrogens with zero attached hydrogens (tertiary/aromatic N) is 1. The summed E-state index contributed by atoms with van der Waals surface area (Å²) in [5, 5.41) is 10.6. The first-order valence-corrected chi connectivity index (χ1v) is 3.07. The van der Waals surface area contributed by atoms with Crippen molar-refractivity contribution in [3.05, 3.63) is 23.9 Å². The van der Waals surface area contributed by atoms with Crippen molar-refractivity contribution in [2.24, 2.45) is 0 Å². The predicted octanol–water partition coefficient (Wildman–Crippen LogP) is 0.259. The smallest absolute Gasteiger partial charge is 0.339 e. The number of carbonyl (C=O) groups is 1. The highest BCUT2D eigenvalue weighted by Crippen LogP contribution is 2.09. The molecule has 0 aliphatic heterocycles. The minimum Gasteiger partial charge on any atom is -0.478 e. The lowest BCUT2D eigenvalue weighted by atomic mass is 10.2. The maximum atomic E-state index is 10.5. The molecule has 0 aliphatic carbocycles. The SMILES string of the molecule is O=[C]Nc1ncccc1C(=O)O. The summed E-state index contributed by atoms with van der Waals surface area (Å²) >= 11 is 0. The lowest BCUT2D eigenvalue weighted by Gasteiger charge is -1.99. The Morgan fingerprint density at radius 1 is 1.67 bits per heavy atom. The number of anilines is 1. The highest BCUT2D eigenvalue weighted by Gasteiger charge is 2.08. The third-order valence-electron chi connectivity index (χ3n) is 1.21. The zero-order valence-electron chi connectivity index (χ0n) is 5.94. The number of hydrogen-bond donors (Lipinski definition) is 2. The van der Waals surface area contributed by atoms with E-state index in [2.05, 4.69) is 10.3 Å². The highest BCUT2D eigenvalue weighted by atomic mass is 16.4. The molecule has 1 radical (unpaired) electrons. The number of aromatic nitrogens is 1. The normalized spacial score (nSPS) is 9.00. The fourth-order valence-corrected chi connectivity index (χ4v) is 0.726. The lowest BCUT2D eigenvalue weighted by molar-refractivity contribution is 0.0697. The predicted molar refractivity (Wildman–Crippen MR) is 40.5 cm³/mol. The van der Waals surface area contributed by atoms with Crippen LogP contribution in [0.3, 0.4) is 0 Å². The fourth-order valence-electron chi connectivity index (χ4n) is 0.726. The van der Waals surface area contributed by atoms with Crippen LogP contribution in [-0.2, 0) is 4.79 Å². The van der Waals surface area contributed by atoms with E-state index in [0.29, 0.717) is 0 Å². The van der Waals surface area contributed by atoms with Crippen LogP contribution in [0, 0.1) is 0 Å². The van der Waals surface area contributed by atoms with Crippen LogP contribution in [0.4, 0.5) is 5.82 Å². The molecular weight excluding hydrogens is 160 g/mol. The molecule has 0 saturated carbocycles. The monoisotopic (exact) mass is 165 g/mol. The summed E-state index contributed by atoms with van der Waals surface area (Å²) in [6.07, 6.45) is 2.73. The number of rotatable bonds is 3. The van der Waals surface area contributed by atoms with Crippen molar-refractivity contribution in [3.8, 4) is 0 Å². The van der Waals surface area contributed by atoms with Crippen LogP contribution in [0.5, 0.6) is 0 Å². The van der Waals surface area contributed by atoms with E-state index in [1.165, 1.54) is 24.7 Å². The summed E-state index contributed by atoms with van der Waals surface area (Å²) < 4.78 is 0. The Morgan fingerprint density at radius 3 is 3.00 bits per heavy atom. The molecule has 61 valence electrons. The molecule has 0 aromatic carbocycles. The number of carbonyl (C=O) groups excluding carboxylic acids is 1. The summed E-state index contributed by atoms with van der Waals surface area (Å²) in [6, 6.07) is 2.81. The summed E-state index contributed by atoms with van der Waals surface area (Å²) in [6.45, 7) is 0. The zero-order valence-corrected chi connectivity index (χ0v) is 5.94. The quantitative estimate of drug-likeness (QED) is 0.629. The van der Waals surface area contributed by atoms with Crippen molar-refractivity contribution >= 4 is 18.2 Å². The van der Waals surface area contributed by atoms with Gasteiger partial charge >= 0.3 is 12.4 Å². The van der Waals surface area contributed by atoms with Crippen molar-refractivity contribution < 1.29 is 14.7 Å². The maximum absolute atomic E-state index is 10.5. The molecule has 0 unspecified atom stereocenters. The van der Waals surface area contributed by atoms with E-state index in [1.54, 1.807) is 0 Å². The largest absolute Gasteiger partial charge is 0.478 e. The minimum atomic E-state index is -1.14. The van der Waals surface area contributed by atoms with Crippen molar-refractivity contribution in [2.75, 3.05) is 5.32 Å². The highest BCUT2D eigenvalue weighted by molar-refractivity contribution is 5.95. The molecule has 0 bridgehead atoms. The first-order chi connectivity index (χ1) is 5.75. The van der Waals surface area contributed by atoms with Crippen molar-refractivity contribution in [3.63, 3.8) is 0 Å². The van der Waals surface area contributed by atoms with Gasteiger partial charge in [-0.2, -0.15) is 0 Å². The molecule has 0 fully saturated rings. The Hall–Kier alpha value is -1.91. The Morgan fingerprint density at radius 2 is 2.42 bits per heavy atom. The first kappa shape index (κ1) is 8.19. The van der Waals surface area contributed by atoms with E-state index >= 15 is 0 Å². The van der Waals surface area contributed by atoms with Crippen LogP contribution >= 0.6 is 0 Å². The summed E-state index contributed by atoms with van der Waals surface area (Å²) in [5.74, 6) is -1.14. The van der Waals surface area contributed by atoms with Gasteiger partial charge in [0.25, 0.3) is 0 Å². The van der Waals surface area contributed by atoms with Gasteiger partial charge in [0.05, 0.1) is 0 Å². The molecule has 0 spiro atoms. The summed E-state index contributed by atoms with van der Waals surface area (Å²) in [4.78, 5) is 24.0. The van der Waals surface area contributed by atoms with Gasteiger partial charge in [-0.15, -0.1) is 0 Å². The molecule has 0 aliphatic rings. The Bertz CT molecular complexity index is 311. The number of pyridine rings is 1. The van der Waals surface area contributed by atoms with Gasteiger partial charge in [-0.3, -0.25) is 4.79 Å². The molecule has 0 atom stereocenters. The lowest BCUT2D eigenvalue weighted by Crippen LogP contribution is -2.05. The molecule has 1 heterocycles. The van der Waals surface area contributed by atoms with Gasteiger partial charge in [0, 0.05) is 6.20 Å². The van der Waals surface area contributed by atoms with Crippen molar-refractivity contribution in [1.82, 2.24) is 4.98 Å². The number of carboxylic acids is 1. The van der Waals surface area contributed by atoms with Crippen LogP contribution in [0.15, 0.2) is 18.3 Å². The van der Waals surface area contributed by atoms with Crippen LogP contribution in [0.25, 0.3) is 0 Å². The third kappa shape index (κ3) is 1.57. The van der Waals surface area contributed by atoms with E-state index < -0.39 is 5.97 Å². The molecule has 5 nitrogen and oxygen atoms in total. The fraction of sp³-hybridized carbons (Fsp3) is 0. The van der Waals surface area contributed by atoms with Gasteiger partial charge in [-0.05, 0) is 12.1 Å². The average Bonchev–Trinajstić information content (AvgIpc) is 2.05. The number of aromatic carboxylic acids is 1. The number of amides is 1. The molecule has 12 heavy (non-hydrogen) atoms. The molecule has 1 aromatic heterocycles. The van der Waals surface area contributed by atoms with Crippen LogP contribution in [-0.4, -0.2) is 22.5 Å². The second kappa shape index (κ2) is 3.47. The molecular formula is C7H5N2O3. The maximum Gasteiger partial charge on any atom is 0.339 e. The Kier molecular flexibility index (Phi) is 2.37. The minimum absolute atomic E-state index is 0.000000000000000444. The second-order valence-electron chi connectivity index (χ2n) is 1.93. The second-order valence-corrected chi connectivity index (χ2v) is 1.93. The van der Waals surface area contributed by atoms with Gasteiger partial charge in [0.1, 0.15) is 11.4 Å². The number of hydrogen-bond acceptors (Lipinski definition) is 3. The molecule has 0 saturated heterocycles. The van der Waals surface area contributed by atoms with Gasteiger partial charge in [0.2, 0.25) is 0 Å². The van der Waals surface area contributed by atoms with Gasteiger partial charge in [0.15, 0.2) is 0 Å². The summed E-state index contributed by atoms with van der Waals surface area (Å²) in [5.41, 5.74) is -0.0548. The van der Waals surface area contributed by atoms with Crippen LogP contribution in [0.2, 0.25) is 0 Å². The van der Waals surface area contributed by atoms with Crippen molar-refractivity contribution in [1.29, 1.82) is 0 Å². The van der Waals surface area contributed by atoms with E-state index in [4.69, 9.17) is 5.11 Å². The van der Waals surface area contributed by atoms with Crippen molar-refractivity contribution in [2.45, 2.75) is 0 Å². The van der Waals surface area contributed by atoms with Gasteiger partial charge in [-0.1, -0.05) is 0 Å². The number of carboxylic acid groups (broad SMARTS) is 1.